The number of aryl methyl sites for hydroxylation is 1. The molecule has 1 aromatic carbocycles. The Kier molecular flexibility index (Phi) is 5.16. The third-order valence-corrected chi connectivity index (χ3v) is 4.12. The number of carbonyl (C=O) groups excluding carboxylic acids is 1. The molecule has 0 fully saturated rings. The van der Waals surface area contributed by atoms with Gasteiger partial charge in [0, 0.05) is 17.4 Å². The SMILES string of the molecule is CCC(Sc1cc(C)ncn1)C(=O)Nc1cccc(O)c1. The number of amides is 1. The number of hydrogen-bond donors (Lipinski definition) is 2. The molecule has 21 heavy (non-hydrogen) atoms. The van der Waals surface area contributed by atoms with E-state index in [-0.39, 0.29) is 16.9 Å². The number of carbonyl (C=O) groups is 1. The summed E-state index contributed by atoms with van der Waals surface area (Å²) >= 11 is 1.41. The molecule has 0 spiro atoms. The van der Waals surface area contributed by atoms with Gasteiger partial charge < -0.3 is 10.4 Å². The van der Waals surface area contributed by atoms with Gasteiger partial charge in [-0.2, -0.15) is 0 Å². The summed E-state index contributed by atoms with van der Waals surface area (Å²) in [7, 11) is 0. The molecule has 1 unspecified atom stereocenters. The molecule has 0 bridgehead atoms. The van der Waals surface area contributed by atoms with E-state index < -0.39 is 0 Å². The second-order valence-electron chi connectivity index (χ2n) is 4.55. The third kappa shape index (κ3) is 4.46. The van der Waals surface area contributed by atoms with Crippen LogP contribution in [0.25, 0.3) is 0 Å². The Bertz CT molecular complexity index is 634. The van der Waals surface area contributed by atoms with Crippen LogP contribution in [0.3, 0.4) is 0 Å². The molecule has 110 valence electrons. The van der Waals surface area contributed by atoms with Gasteiger partial charge in [0.15, 0.2) is 0 Å². The number of aromatic nitrogens is 2. The van der Waals surface area contributed by atoms with Gasteiger partial charge in [-0.3, -0.25) is 4.79 Å². The normalized spacial score (nSPS) is 11.9. The van der Waals surface area contributed by atoms with Crippen LogP contribution in [0, 0.1) is 6.92 Å². The van der Waals surface area contributed by atoms with E-state index in [1.54, 1.807) is 18.2 Å². The van der Waals surface area contributed by atoms with Crippen LogP contribution in [0.15, 0.2) is 41.7 Å². The average Bonchev–Trinajstić information content (AvgIpc) is 2.44. The molecule has 2 N–H and O–H groups in total. The lowest BCUT2D eigenvalue weighted by Crippen LogP contribution is -2.24. The maximum atomic E-state index is 12.3. The van der Waals surface area contributed by atoms with E-state index in [0.717, 1.165) is 10.7 Å². The van der Waals surface area contributed by atoms with Crippen molar-refractivity contribution in [2.45, 2.75) is 30.5 Å². The minimum atomic E-state index is -0.248. The van der Waals surface area contributed by atoms with Crippen molar-refractivity contribution in [2.24, 2.45) is 0 Å². The summed E-state index contributed by atoms with van der Waals surface area (Å²) in [6.45, 7) is 3.84. The van der Waals surface area contributed by atoms with Crippen LogP contribution in [0.2, 0.25) is 0 Å². The molecule has 0 aliphatic heterocycles. The summed E-state index contributed by atoms with van der Waals surface area (Å²) < 4.78 is 0. The topological polar surface area (TPSA) is 75.1 Å². The molecule has 2 rings (SSSR count). The quantitative estimate of drug-likeness (QED) is 0.656. The molecule has 0 saturated carbocycles. The molecule has 2 aromatic rings. The van der Waals surface area contributed by atoms with E-state index in [0.29, 0.717) is 12.1 Å². The number of benzene rings is 1. The standard InChI is InChI=1S/C15H17N3O2S/c1-3-13(21-14-7-10(2)16-9-17-14)15(20)18-11-5-4-6-12(19)8-11/h4-9,13,19H,3H2,1-2H3,(H,18,20). The number of aromatic hydroxyl groups is 1. The van der Waals surface area contributed by atoms with Gasteiger partial charge in [0.05, 0.1) is 5.25 Å². The van der Waals surface area contributed by atoms with Crippen LogP contribution in [0.5, 0.6) is 5.75 Å². The van der Waals surface area contributed by atoms with Gasteiger partial charge in [0.2, 0.25) is 5.91 Å². The highest BCUT2D eigenvalue weighted by Gasteiger charge is 2.19. The first-order valence-electron chi connectivity index (χ1n) is 6.63. The number of phenolic OH excluding ortho intramolecular Hbond substituents is 1. The van der Waals surface area contributed by atoms with Gasteiger partial charge in [-0.05, 0) is 31.5 Å². The van der Waals surface area contributed by atoms with E-state index in [4.69, 9.17) is 0 Å². The fourth-order valence-corrected chi connectivity index (χ4v) is 2.74. The van der Waals surface area contributed by atoms with E-state index in [1.165, 1.54) is 24.2 Å². The molecule has 0 aliphatic rings. The number of phenols is 1. The van der Waals surface area contributed by atoms with Crippen molar-refractivity contribution in [3.05, 3.63) is 42.4 Å². The molecule has 1 aromatic heterocycles. The van der Waals surface area contributed by atoms with Gasteiger partial charge in [-0.1, -0.05) is 24.8 Å². The highest BCUT2D eigenvalue weighted by Crippen LogP contribution is 2.25. The Morgan fingerprint density at radius 2 is 2.19 bits per heavy atom. The molecule has 0 radical (unpaired) electrons. The zero-order valence-corrected chi connectivity index (χ0v) is 12.7. The smallest absolute Gasteiger partial charge is 0.237 e. The lowest BCUT2D eigenvalue weighted by atomic mass is 10.2. The molecule has 1 amide bonds. The summed E-state index contributed by atoms with van der Waals surface area (Å²) in [6.07, 6.45) is 2.18. The van der Waals surface area contributed by atoms with Crippen LogP contribution in [-0.4, -0.2) is 26.2 Å². The maximum Gasteiger partial charge on any atom is 0.237 e. The second kappa shape index (κ2) is 7.08. The monoisotopic (exact) mass is 303 g/mol. The molecule has 0 saturated heterocycles. The van der Waals surface area contributed by atoms with Gasteiger partial charge in [-0.15, -0.1) is 0 Å². The van der Waals surface area contributed by atoms with Gasteiger partial charge >= 0.3 is 0 Å². The first-order valence-corrected chi connectivity index (χ1v) is 7.51. The number of nitrogens with zero attached hydrogens (tertiary/aromatic N) is 2. The van der Waals surface area contributed by atoms with Crippen LogP contribution in [0.1, 0.15) is 19.0 Å². The number of rotatable bonds is 5. The zero-order chi connectivity index (χ0) is 15.2. The maximum absolute atomic E-state index is 12.3. The largest absolute Gasteiger partial charge is 0.508 e. The Hall–Kier alpha value is -2.08. The van der Waals surface area contributed by atoms with Crippen LogP contribution < -0.4 is 5.32 Å². The van der Waals surface area contributed by atoms with E-state index in [2.05, 4.69) is 15.3 Å². The lowest BCUT2D eigenvalue weighted by Gasteiger charge is -2.14. The number of nitrogens with one attached hydrogen (secondary N) is 1. The predicted molar refractivity (Wildman–Crippen MR) is 83.4 cm³/mol. The van der Waals surface area contributed by atoms with Crippen LogP contribution in [0.4, 0.5) is 5.69 Å². The Balaban J connectivity index is 2.05. The van der Waals surface area contributed by atoms with Crippen LogP contribution in [-0.2, 0) is 4.79 Å². The van der Waals surface area contributed by atoms with E-state index >= 15 is 0 Å². The van der Waals surface area contributed by atoms with Gasteiger partial charge in [-0.25, -0.2) is 9.97 Å². The first-order chi connectivity index (χ1) is 10.1. The zero-order valence-electron chi connectivity index (χ0n) is 11.9. The summed E-state index contributed by atoms with van der Waals surface area (Å²) in [5, 5.41) is 12.7. The van der Waals surface area contributed by atoms with Crippen molar-refractivity contribution >= 4 is 23.4 Å². The lowest BCUT2D eigenvalue weighted by molar-refractivity contribution is -0.115. The summed E-state index contributed by atoms with van der Waals surface area (Å²) in [5.74, 6) is 0.0179. The molecular formula is C15H17N3O2S. The Morgan fingerprint density at radius 3 is 2.86 bits per heavy atom. The highest BCUT2D eigenvalue weighted by atomic mass is 32.2. The van der Waals surface area contributed by atoms with Crippen molar-refractivity contribution < 1.29 is 9.90 Å². The van der Waals surface area contributed by atoms with Crippen molar-refractivity contribution in [2.75, 3.05) is 5.32 Å². The van der Waals surface area contributed by atoms with Crippen molar-refractivity contribution in [1.29, 1.82) is 0 Å². The molecule has 6 heteroatoms. The minimum absolute atomic E-state index is 0.107. The molecule has 0 aliphatic carbocycles. The van der Waals surface area contributed by atoms with E-state index in [9.17, 15) is 9.90 Å². The Labute approximate surface area is 127 Å². The average molecular weight is 303 g/mol. The van der Waals surface area contributed by atoms with Crippen molar-refractivity contribution in [1.82, 2.24) is 9.97 Å². The third-order valence-electron chi connectivity index (χ3n) is 2.82. The van der Waals surface area contributed by atoms with Crippen LogP contribution >= 0.6 is 11.8 Å². The number of thioether (sulfide) groups is 1. The molecule has 1 heterocycles. The number of anilines is 1. The van der Waals surface area contributed by atoms with Gasteiger partial charge in [0.1, 0.15) is 17.1 Å². The molecular weight excluding hydrogens is 286 g/mol. The fourth-order valence-electron chi connectivity index (χ4n) is 1.77. The summed E-state index contributed by atoms with van der Waals surface area (Å²) in [5.41, 5.74) is 1.45. The minimum Gasteiger partial charge on any atom is -0.508 e. The second-order valence-corrected chi connectivity index (χ2v) is 5.77. The predicted octanol–water partition coefficient (Wildman–Crippen LogP) is 3.00. The highest BCUT2D eigenvalue weighted by molar-refractivity contribution is 8.00. The van der Waals surface area contributed by atoms with E-state index in [1.807, 2.05) is 19.9 Å². The number of hydrogen-bond acceptors (Lipinski definition) is 5. The first kappa shape index (κ1) is 15.3. The summed E-state index contributed by atoms with van der Waals surface area (Å²) in [4.78, 5) is 20.5. The molecule has 1 atom stereocenters. The fraction of sp³-hybridized carbons (Fsp3) is 0.267. The molecule has 5 nitrogen and oxygen atoms in total. The van der Waals surface area contributed by atoms with Gasteiger partial charge in [0.25, 0.3) is 0 Å². The van der Waals surface area contributed by atoms with Crippen molar-refractivity contribution in [3.8, 4) is 5.75 Å². The summed E-state index contributed by atoms with van der Waals surface area (Å²) in [6, 6.07) is 8.36. The Morgan fingerprint density at radius 1 is 1.38 bits per heavy atom. The van der Waals surface area contributed by atoms with Crippen molar-refractivity contribution in [3.63, 3.8) is 0 Å².